The quantitative estimate of drug-likeness (QED) is 0.348. The van der Waals surface area contributed by atoms with E-state index in [1.165, 1.54) is 18.2 Å². The fourth-order valence-electron chi connectivity index (χ4n) is 4.38. The highest BCUT2D eigenvalue weighted by Gasteiger charge is 2.24. The van der Waals surface area contributed by atoms with Crippen molar-refractivity contribution in [2.45, 2.75) is 37.4 Å². The molecule has 1 saturated heterocycles. The molecule has 182 valence electrons. The Morgan fingerprint density at radius 1 is 1.11 bits per heavy atom. The summed E-state index contributed by atoms with van der Waals surface area (Å²) in [6.07, 6.45) is 3.48. The molecule has 1 aliphatic heterocycles. The van der Waals surface area contributed by atoms with Crippen LogP contribution in [0.4, 0.5) is 5.95 Å². The molecule has 9 heteroatoms. The van der Waals surface area contributed by atoms with Crippen LogP contribution in [0, 0.1) is 0 Å². The Hall–Kier alpha value is -3.46. The Balaban J connectivity index is 1.33. The van der Waals surface area contributed by atoms with Gasteiger partial charge in [-0.2, -0.15) is 0 Å². The number of piperidine rings is 1. The third-order valence-corrected chi connectivity index (χ3v) is 7.09. The van der Waals surface area contributed by atoms with Crippen LogP contribution in [0.2, 0.25) is 0 Å². The summed E-state index contributed by atoms with van der Waals surface area (Å²) in [4.78, 5) is 15.1. The number of para-hydroxylation sites is 3. The van der Waals surface area contributed by atoms with Crippen LogP contribution in [0.5, 0.6) is 5.75 Å². The Morgan fingerprint density at radius 2 is 1.89 bits per heavy atom. The zero-order valence-corrected chi connectivity index (χ0v) is 20.8. The molecular weight excluding hydrogens is 462 g/mol. The number of carbonyl (C=O) groups is 1. The molecule has 1 aliphatic rings. The number of benzene rings is 2. The minimum Gasteiger partial charge on any atom is -0.495 e. The smallest absolute Gasteiger partial charge is 0.232 e. The molecule has 5 rings (SSSR count). The van der Waals surface area contributed by atoms with Crippen LogP contribution in [-0.2, 0) is 4.79 Å². The lowest BCUT2D eigenvalue weighted by molar-refractivity contribution is -0.119. The lowest BCUT2D eigenvalue weighted by atomic mass is 10.1. The van der Waals surface area contributed by atoms with Crippen molar-refractivity contribution >= 4 is 34.6 Å². The van der Waals surface area contributed by atoms with E-state index in [4.69, 9.17) is 9.15 Å². The molecule has 0 aliphatic carbocycles. The number of hydrogen-bond acceptors (Lipinski definition) is 7. The first-order valence-corrected chi connectivity index (χ1v) is 12.9. The molecule has 0 bridgehead atoms. The number of furan rings is 1. The summed E-state index contributed by atoms with van der Waals surface area (Å²) in [7, 11) is 1.66. The van der Waals surface area contributed by atoms with Gasteiger partial charge in [0, 0.05) is 18.5 Å². The van der Waals surface area contributed by atoms with Gasteiger partial charge >= 0.3 is 0 Å². The number of nitrogens with one attached hydrogen (secondary N) is 1. The van der Waals surface area contributed by atoms with Crippen molar-refractivity contribution in [1.29, 1.82) is 0 Å². The third-order valence-electron chi connectivity index (χ3n) is 6.16. The van der Waals surface area contributed by atoms with Gasteiger partial charge in [-0.15, -0.1) is 10.2 Å². The summed E-state index contributed by atoms with van der Waals surface area (Å²) in [6, 6.07) is 17.4. The molecule has 1 fully saturated rings. The topological polar surface area (TPSA) is 85.4 Å². The predicted octanol–water partition coefficient (Wildman–Crippen LogP) is 4.98. The average molecular weight is 492 g/mol. The predicted molar refractivity (Wildman–Crippen MR) is 137 cm³/mol. The second-order valence-electron chi connectivity index (χ2n) is 8.60. The molecule has 0 radical (unpaired) electrons. The molecule has 1 amide bonds. The van der Waals surface area contributed by atoms with E-state index < -0.39 is 0 Å². The van der Waals surface area contributed by atoms with E-state index in [0.29, 0.717) is 5.16 Å². The van der Waals surface area contributed by atoms with Crippen molar-refractivity contribution in [2.75, 3.05) is 30.9 Å². The molecule has 3 heterocycles. The number of rotatable bonds is 8. The molecular formula is C26H29N5O3S. The number of fused-ring (bicyclic) bond motifs is 1. The fourth-order valence-corrected chi connectivity index (χ4v) is 5.13. The summed E-state index contributed by atoms with van der Waals surface area (Å²) >= 11 is 1.36. The first-order valence-electron chi connectivity index (χ1n) is 11.9. The Labute approximate surface area is 208 Å². The van der Waals surface area contributed by atoms with Gasteiger partial charge in [0.2, 0.25) is 11.9 Å². The first kappa shape index (κ1) is 23.3. The minimum atomic E-state index is -0.244. The molecule has 2 aromatic carbocycles. The number of ether oxygens (including phenoxy) is 1. The number of methoxy groups -OCH3 is 1. The van der Waals surface area contributed by atoms with E-state index in [1.807, 2.05) is 66.1 Å². The monoisotopic (exact) mass is 491 g/mol. The maximum atomic E-state index is 12.8. The standard InChI is InChI=1S/C26H29N5O3S/c1-18(23-16-19-10-4-6-12-21(19)34-23)27-24(32)17-35-26-29-28-25(30-14-8-3-9-15-30)31(26)20-11-5-7-13-22(20)33-2/h4-7,10-13,16,18H,3,8-9,14-15,17H2,1-2H3,(H,27,32)/t18-/m1/s1. The van der Waals surface area contributed by atoms with E-state index in [1.54, 1.807) is 7.11 Å². The maximum Gasteiger partial charge on any atom is 0.232 e. The van der Waals surface area contributed by atoms with Gasteiger partial charge in [0.05, 0.1) is 24.6 Å². The van der Waals surface area contributed by atoms with Gasteiger partial charge in [0.25, 0.3) is 0 Å². The van der Waals surface area contributed by atoms with Crippen molar-refractivity contribution in [3.63, 3.8) is 0 Å². The molecule has 1 atom stereocenters. The van der Waals surface area contributed by atoms with Crippen LogP contribution in [0.25, 0.3) is 16.7 Å². The minimum absolute atomic E-state index is 0.0999. The summed E-state index contributed by atoms with van der Waals surface area (Å²) < 4.78 is 13.5. The van der Waals surface area contributed by atoms with Crippen LogP contribution in [0.3, 0.4) is 0 Å². The third kappa shape index (κ3) is 5.00. The molecule has 0 spiro atoms. The lowest BCUT2D eigenvalue weighted by Gasteiger charge is -2.28. The van der Waals surface area contributed by atoms with Crippen LogP contribution in [-0.4, -0.2) is 46.6 Å². The fraction of sp³-hybridized carbons (Fsp3) is 0.346. The molecule has 2 aromatic heterocycles. The number of hydrogen-bond donors (Lipinski definition) is 1. The normalized spacial score (nSPS) is 14.7. The van der Waals surface area contributed by atoms with Gasteiger partial charge in [-0.05, 0) is 50.5 Å². The molecule has 4 aromatic rings. The summed E-state index contributed by atoms with van der Waals surface area (Å²) in [5.41, 5.74) is 1.67. The van der Waals surface area contributed by atoms with Crippen LogP contribution >= 0.6 is 11.8 Å². The Kier molecular flexibility index (Phi) is 6.94. The highest BCUT2D eigenvalue weighted by molar-refractivity contribution is 7.99. The van der Waals surface area contributed by atoms with E-state index in [2.05, 4.69) is 20.4 Å². The lowest BCUT2D eigenvalue weighted by Crippen LogP contribution is -2.32. The highest BCUT2D eigenvalue weighted by Crippen LogP contribution is 2.33. The number of anilines is 1. The second-order valence-corrected chi connectivity index (χ2v) is 9.54. The van der Waals surface area contributed by atoms with Gasteiger partial charge in [-0.1, -0.05) is 42.1 Å². The number of nitrogens with zero attached hydrogens (tertiary/aromatic N) is 4. The molecule has 8 nitrogen and oxygen atoms in total. The van der Waals surface area contributed by atoms with Gasteiger partial charge in [-0.25, -0.2) is 0 Å². The molecule has 35 heavy (non-hydrogen) atoms. The van der Waals surface area contributed by atoms with Crippen molar-refractivity contribution in [1.82, 2.24) is 20.1 Å². The summed E-state index contributed by atoms with van der Waals surface area (Å²) in [5.74, 6) is 2.35. The van der Waals surface area contributed by atoms with Gasteiger partial charge in [0.15, 0.2) is 5.16 Å². The van der Waals surface area contributed by atoms with E-state index in [-0.39, 0.29) is 17.7 Å². The van der Waals surface area contributed by atoms with Gasteiger partial charge in [0.1, 0.15) is 17.1 Å². The zero-order valence-electron chi connectivity index (χ0n) is 19.9. The number of aromatic nitrogens is 3. The largest absolute Gasteiger partial charge is 0.495 e. The van der Waals surface area contributed by atoms with Crippen molar-refractivity contribution in [3.05, 3.63) is 60.4 Å². The van der Waals surface area contributed by atoms with E-state index >= 15 is 0 Å². The Bertz CT molecular complexity index is 1280. The Morgan fingerprint density at radius 3 is 2.69 bits per heavy atom. The zero-order chi connectivity index (χ0) is 24.2. The van der Waals surface area contributed by atoms with Crippen LogP contribution in [0.1, 0.15) is 38.0 Å². The van der Waals surface area contributed by atoms with Crippen molar-refractivity contribution < 1.29 is 13.9 Å². The van der Waals surface area contributed by atoms with Gasteiger partial charge < -0.3 is 19.4 Å². The van der Waals surface area contributed by atoms with Gasteiger partial charge in [-0.3, -0.25) is 9.36 Å². The number of amides is 1. The van der Waals surface area contributed by atoms with Crippen LogP contribution < -0.4 is 15.0 Å². The second kappa shape index (κ2) is 10.4. The van der Waals surface area contributed by atoms with E-state index in [9.17, 15) is 4.79 Å². The molecule has 0 unspecified atom stereocenters. The van der Waals surface area contributed by atoms with Crippen LogP contribution in [0.15, 0.2) is 64.2 Å². The summed E-state index contributed by atoms with van der Waals surface area (Å²) in [6.45, 7) is 3.80. The number of thioether (sulfide) groups is 1. The average Bonchev–Trinajstić information content (AvgIpc) is 3.52. The first-order chi connectivity index (χ1) is 17.1. The van der Waals surface area contributed by atoms with E-state index in [0.717, 1.165) is 60.0 Å². The molecule has 0 saturated carbocycles. The SMILES string of the molecule is COc1ccccc1-n1c(SCC(=O)N[C@H](C)c2cc3ccccc3o2)nnc1N1CCCCC1. The number of carbonyl (C=O) groups excluding carboxylic acids is 1. The maximum absolute atomic E-state index is 12.8. The van der Waals surface area contributed by atoms with Crippen molar-refractivity contribution in [3.8, 4) is 11.4 Å². The molecule has 1 N–H and O–H groups in total. The highest BCUT2D eigenvalue weighted by atomic mass is 32.2. The summed E-state index contributed by atoms with van der Waals surface area (Å²) in [5, 5.41) is 13.7. The van der Waals surface area contributed by atoms with Crippen molar-refractivity contribution in [2.24, 2.45) is 0 Å².